The van der Waals surface area contributed by atoms with Gasteiger partial charge in [-0.25, -0.2) is 0 Å². The summed E-state index contributed by atoms with van der Waals surface area (Å²) in [5.41, 5.74) is 1.31. The molecule has 2 unspecified atom stereocenters. The molecule has 0 bridgehead atoms. The molecule has 2 fully saturated rings. The Morgan fingerprint density at radius 2 is 1.29 bits per heavy atom. The number of para-hydroxylation sites is 1. The summed E-state index contributed by atoms with van der Waals surface area (Å²) in [5.74, 6) is -0.201. The first-order valence-corrected chi connectivity index (χ1v) is 9.64. The number of Topliss-reactive ketones (excluding diaryl/α,β-unsaturated/α-hetero) is 1. The predicted molar refractivity (Wildman–Crippen MR) is 109 cm³/mol. The van der Waals surface area contributed by atoms with Crippen molar-refractivity contribution in [2.75, 3.05) is 11.4 Å². The van der Waals surface area contributed by atoms with E-state index in [2.05, 4.69) is 24.3 Å². The molecule has 5 rings (SSSR count). The van der Waals surface area contributed by atoms with Crippen molar-refractivity contribution in [2.45, 2.75) is 12.3 Å². The summed E-state index contributed by atoms with van der Waals surface area (Å²) in [6.07, 6.45) is 0. The molecular weight excluding hydrogens is 346 g/mol. The Bertz CT molecular complexity index is 1010. The molecule has 3 heteroatoms. The van der Waals surface area contributed by atoms with Crippen LogP contribution in [0.2, 0.25) is 0 Å². The maximum absolute atomic E-state index is 13.8. The second kappa shape index (κ2) is 5.90. The number of anilines is 1. The topological polar surface area (TPSA) is 37.4 Å². The van der Waals surface area contributed by atoms with E-state index in [9.17, 15) is 9.59 Å². The number of carbonyl (C=O) groups excluding carboxylic acids is 2. The van der Waals surface area contributed by atoms with Crippen molar-refractivity contribution < 1.29 is 9.59 Å². The third kappa shape index (κ3) is 1.89. The zero-order valence-corrected chi connectivity index (χ0v) is 15.7. The van der Waals surface area contributed by atoms with Crippen molar-refractivity contribution in [1.82, 2.24) is 0 Å². The molecular formula is C25H21NO2. The fraction of sp³-hybridized carbons (Fsp3) is 0.200. The fourth-order valence-corrected chi connectivity index (χ4v) is 5.55. The number of carbonyl (C=O) groups is 2. The van der Waals surface area contributed by atoms with E-state index >= 15 is 0 Å². The fourth-order valence-electron chi connectivity index (χ4n) is 5.55. The summed E-state index contributed by atoms with van der Waals surface area (Å²) < 4.78 is 0. The molecule has 0 spiro atoms. The minimum Gasteiger partial charge on any atom is -0.311 e. The van der Waals surface area contributed by atoms with Crippen LogP contribution in [0.5, 0.6) is 0 Å². The smallest absolute Gasteiger partial charge is 0.242 e. The highest BCUT2D eigenvalue weighted by Crippen LogP contribution is 2.76. The van der Waals surface area contributed by atoms with Crippen LogP contribution in [-0.2, 0) is 15.0 Å². The van der Waals surface area contributed by atoms with E-state index in [1.54, 1.807) is 11.8 Å². The molecule has 1 aliphatic heterocycles. The second-order valence-corrected chi connectivity index (χ2v) is 7.71. The molecule has 1 saturated heterocycles. The van der Waals surface area contributed by atoms with Gasteiger partial charge in [-0.15, -0.1) is 0 Å². The Morgan fingerprint density at radius 3 is 1.71 bits per heavy atom. The van der Waals surface area contributed by atoms with E-state index in [1.165, 1.54) is 0 Å². The lowest BCUT2D eigenvalue weighted by Gasteiger charge is -2.31. The van der Waals surface area contributed by atoms with Crippen molar-refractivity contribution in [3.63, 3.8) is 0 Å². The summed E-state index contributed by atoms with van der Waals surface area (Å²) in [5, 5.41) is 0. The minimum absolute atomic E-state index is 0.0476. The van der Waals surface area contributed by atoms with Crippen molar-refractivity contribution in [3.8, 4) is 0 Å². The minimum atomic E-state index is -1.04. The lowest BCUT2D eigenvalue weighted by atomic mass is 9.77. The molecule has 1 amide bonds. The van der Waals surface area contributed by atoms with Gasteiger partial charge in [0.25, 0.3) is 0 Å². The van der Waals surface area contributed by atoms with Crippen LogP contribution in [0.25, 0.3) is 0 Å². The molecule has 3 aromatic carbocycles. The first kappa shape index (κ1) is 16.9. The number of ketones is 1. The quantitative estimate of drug-likeness (QED) is 0.648. The molecule has 1 saturated carbocycles. The number of amides is 1. The monoisotopic (exact) mass is 367 g/mol. The van der Waals surface area contributed by atoms with Gasteiger partial charge in [0.2, 0.25) is 5.91 Å². The first-order valence-electron chi connectivity index (χ1n) is 9.64. The molecule has 3 nitrogen and oxygen atoms in total. The summed E-state index contributed by atoms with van der Waals surface area (Å²) in [6.45, 7) is 2.12. The largest absolute Gasteiger partial charge is 0.311 e. The van der Waals surface area contributed by atoms with E-state index in [0.29, 0.717) is 6.54 Å². The van der Waals surface area contributed by atoms with Crippen LogP contribution >= 0.6 is 0 Å². The van der Waals surface area contributed by atoms with Crippen LogP contribution in [0.1, 0.15) is 18.1 Å². The first-order chi connectivity index (χ1) is 13.6. The molecule has 0 aromatic heterocycles. The van der Waals surface area contributed by atoms with Gasteiger partial charge in [-0.3, -0.25) is 9.59 Å². The number of rotatable bonds is 4. The zero-order chi connectivity index (χ0) is 19.4. The van der Waals surface area contributed by atoms with E-state index < -0.39 is 10.8 Å². The maximum Gasteiger partial charge on any atom is 0.242 e. The van der Waals surface area contributed by atoms with E-state index in [1.807, 2.05) is 66.7 Å². The van der Waals surface area contributed by atoms with Crippen molar-refractivity contribution >= 4 is 17.4 Å². The number of nitrogens with zero attached hydrogens (tertiary/aromatic N) is 1. The molecule has 28 heavy (non-hydrogen) atoms. The van der Waals surface area contributed by atoms with Crippen LogP contribution < -0.4 is 4.90 Å². The van der Waals surface area contributed by atoms with Crippen molar-refractivity contribution in [2.24, 2.45) is 11.3 Å². The van der Waals surface area contributed by atoms with Gasteiger partial charge in [-0.1, -0.05) is 78.9 Å². The Labute approximate surface area is 164 Å². The SMILES string of the molecule is CC(=O)C12C(=O)N(c3ccccc3)CC1C2(c1ccccc1)c1ccccc1. The van der Waals surface area contributed by atoms with Crippen LogP contribution in [-0.4, -0.2) is 18.2 Å². The lowest BCUT2D eigenvalue weighted by molar-refractivity contribution is -0.133. The highest BCUT2D eigenvalue weighted by atomic mass is 16.2. The molecule has 1 heterocycles. The predicted octanol–water partition coefficient (Wildman–Crippen LogP) is 4.22. The Morgan fingerprint density at radius 1 is 0.821 bits per heavy atom. The Balaban J connectivity index is 1.71. The molecule has 3 aromatic rings. The Kier molecular flexibility index (Phi) is 3.57. The molecule has 1 aliphatic carbocycles. The maximum atomic E-state index is 13.8. The summed E-state index contributed by atoms with van der Waals surface area (Å²) in [4.78, 5) is 28.7. The number of benzene rings is 3. The van der Waals surface area contributed by atoms with Gasteiger partial charge in [0.15, 0.2) is 0 Å². The van der Waals surface area contributed by atoms with Crippen LogP contribution in [0.15, 0.2) is 91.0 Å². The van der Waals surface area contributed by atoms with Gasteiger partial charge in [0, 0.05) is 23.6 Å². The summed E-state index contributed by atoms with van der Waals surface area (Å²) in [7, 11) is 0. The van der Waals surface area contributed by atoms with Gasteiger partial charge in [-0.05, 0) is 30.2 Å². The molecule has 138 valence electrons. The third-order valence-electron chi connectivity index (χ3n) is 6.61. The molecule has 0 N–H and O–H groups in total. The summed E-state index contributed by atoms with van der Waals surface area (Å²) >= 11 is 0. The van der Waals surface area contributed by atoms with E-state index in [0.717, 1.165) is 16.8 Å². The van der Waals surface area contributed by atoms with E-state index in [-0.39, 0.29) is 17.6 Å². The van der Waals surface area contributed by atoms with Crippen LogP contribution in [0.3, 0.4) is 0 Å². The molecule has 2 atom stereocenters. The highest BCUT2D eigenvalue weighted by Gasteiger charge is 2.87. The van der Waals surface area contributed by atoms with E-state index in [4.69, 9.17) is 0 Å². The highest BCUT2D eigenvalue weighted by molar-refractivity contribution is 6.20. The van der Waals surface area contributed by atoms with Crippen LogP contribution in [0.4, 0.5) is 5.69 Å². The second-order valence-electron chi connectivity index (χ2n) is 7.71. The van der Waals surface area contributed by atoms with Crippen molar-refractivity contribution in [1.29, 1.82) is 0 Å². The molecule has 2 aliphatic rings. The number of hydrogen-bond acceptors (Lipinski definition) is 2. The van der Waals surface area contributed by atoms with Crippen molar-refractivity contribution in [3.05, 3.63) is 102 Å². The number of fused-ring (bicyclic) bond motifs is 1. The Hall–Kier alpha value is -3.20. The van der Waals surface area contributed by atoms with Gasteiger partial charge < -0.3 is 4.90 Å². The van der Waals surface area contributed by atoms with Crippen LogP contribution in [0, 0.1) is 11.3 Å². The zero-order valence-electron chi connectivity index (χ0n) is 15.7. The summed E-state index contributed by atoms with van der Waals surface area (Å²) in [6, 6.07) is 29.8. The van der Waals surface area contributed by atoms with Gasteiger partial charge in [-0.2, -0.15) is 0 Å². The number of piperidine rings is 1. The average molecular weight is 367 g/mol. The third-order valence-corrected chi connectivity index (χ3v) is 6.61. The van der Waals surface area contributed by atoms with Gasteiger partial charge in [0.05, 0.1) is 0 Å². The lowest BCUT2D eigenvalue weighted by Crippen LogP contribution is -2.42. The normalized spacial score (nSPS) is 24.7. The number of hydrogen-bond donors (Lipinski definition) is 0. The van der Waals surface area contributed by atoms with Gasteiger partial charge in [0.1, 0.15) is 11.2 Å². The average Bonchev–Trinajstić information content (AvgIpc) is 3.26. The van der Waals surface area contributed by atoms with Gasteiger partial charge >= 0.3 is 0 Å². The molecule has 0 radical (unpaired) electrons. The standard InChI is InChI=1S/C25H21NO2/c1-18(27)24-22(17-26(23(24)28)21-15-9-4-10-16-21)25(24,19-11-5-2-6-12-19)20-13-7-3-8-14-20/h2-16,22H,17H2,1H3.